The molecule has 1 N–H and O–H groups in total. The third-order valence-electron chi connectivity index (χ3n) is 4.69. The highest BCUT2D eigenvalue weighted by atomic mass is 32.2. The van der Waals surface area contributed by atoms with E-state index in [9.17, 15) is 17.6 Å². The number of rotatable bonds is 7. The fraction of sp³-hybridized carbons (Fsp3) is 0.174. The molecule has 0 unspecified atom stereocenters. The number of para-hydroxylation sites is 1. The minimum atomic E-state index is -4.15. The summed E-state index contributed by atoms with van der Waals surface area (Å²) in [5.74, 6) is -1.26. The number of hydrogen-bond donors (Lipinski definition) is 1. The molecule has 3 rings (SSSR count). The SMILES string of the molecule is Cc1ccc([C@@H](C)NC(=O)CN(c2ccccc2F)S(=O)(=O)c2ccccc2)cc1. The molecular weight excluding hydrogens is 403 g/mol. The van der Waals surface area contributed by atoms with E-state index in [0.717, 1.165) is 21.5 Å². The van der Waals surface area contributed by atoms with Crippen LogP contribution in [0.4, 0.5) is 10.1 Å². The van der Waals surface area contributed by atoms with Gasteiger partial charge in [-0.05, 0) is 43.7 Å². The Morgan fingerprint density at radius 1 is 0.967 bits per heavy atom. The molecule has 0 saturated carbocycles. The summed E-state index contributed by atoms with van der Waals surface area (Å²) >= 11 is 0. The monoisotopic (exact) mass is 426 g/mol. The van der Waals surface area contributed by atoms with Gasteiger partial charge in [-0.15, -0.1) is 0 Å². The van der Waals surface area contributed by atoms with E-state index in [-0.39, 0.29) is 16.6 Å². The number of sulfonamides is 1. The first-order chi connectivity index (χ1) is 14.3. The van der Waals surface area contributed by atoms with Gasteiger partial charge in [-0.25, -0.2) is 12.8 Å². The Bertz CT molecular complexity index is 1120. The second-order valence-electron chi connectivity index (χ2n) is 6.98. The van der Waals surface area contributed by atoms with E-state index in [1.54, 1.807) is 18.2 Å². The summed E-state index contributed by atoms with van der Waals surface area (Å²) in [5, 5.41) is 2.79. The van der Waals surface area contributed by atoms with Gasteiger partial charge in [0.25, 0.3) is 10.0 Å². The maximum absolute atomic E-state index is 14.5. The molecule has 1 atom stereocenters. The van der Waals surface area contributed by atoms with E-state index < -0.39 is 28.3 Å². The van der Waals surface area contributed by atoms with E-state index in [1.807, 2.05) is 38.1 Å². The lowest BCUT2D eigenvalue weighted by Crippen LogP contribution is -2.42. The van der Waals surface area contributed by atoms with Crippen LogP contribution in [0.2, 0.25) is 0 Å². The van der Waals surface area contributed by atoms with Crippen molar-refractivity contribution in [2.45, 2.75) is 24.8 Å². The largest absolute Gasteiger partial charge is 0.348 e. The van der Waals surface area contributed by atoms with Crippen LogP contribution in [-0.2, 0) is 14.8 Å². The van der Waals surface area contributed by atoms with Crippen LogP contribution in [0, 0.1) is 12.7 Å². The summed E-state index contributed by atoms with van der Waals surface area (Å²) in [4.78, 5) is 12.7. The first-order valence-electron chi connectivity index (χ1n) is 9.47. The maximum atomic E-state index is 14.5. The molecule has 0 aliphatic carbocycles. The highest BCUT2D eigenvalue weighted by Gasteiger charge is 2.29. The average Bonchev–Trinajstić information content (AvgIpc) is 2.73. The predicted molar refractivity (Wildman–Crippen MR) is 115 cm³/mol. The molecule has 1 amide bonds. The lowest BCUT2D eigenvalue weighted by atomic mass is 10.1. The van der Waals surface area contributed by atoms with Gasteiger partial charge in [0.05, 0.1) is 16.6 Å². The van der Waals surface area contributed by atoms with Gasteiger partial charge in [0.2, 0.25) is 5.91 Å². The van der Waals surface area contributed by atoms with Crippen molar-refractivity contribution in [1.82, 2.24) is 5.32 Å². The van der Waals surface area contributed by atoms with Crippen molar-refractivity contribution in [2.24, 2.45) is 0 Å². The van der Waals surface area contributed by atoms with Gasteiger partial charge in [-0.3, -0.25) is 9.10 Å². The molecule has 5 nitrogen and oxygen atoms in total. The number of nitrogens with one attached hydrogen (secondary N) is 1. The second-order valence-corrected chi connectivity index (χ2v) is 8.84. The minimum Gasteiger partial charge on any atom is -0.348 e. The normalized spacial score (nSPS) is 12.2. The van der Waals surface area contributed by atoms with Gasteiger partial charge < -0.3 is 5.32 Å². The molecule has 0 aromatic heterocycles. The van der Waals surface area contributed by atoms with Crippen molar-refractivity contribution in [2.75, 3.05) is 10.8 Å². The van der Waals surface area contributed by atoms with Crippen LogP contribution in [0.15, 0.2) is 83.8 Å². The van der Waals surface area contributed by atoms with E-state index in [1.165, 1.54) is 30.3 Å². The molecular formula is C23H23FN2O3S. The van der Waals surface area contributed by atoms with Gasteiger partial charge >= 0.3 is 0 Å². The Morgan fingerprint density at radius 3 is 2.20 bits per heavy atom. The Hall–Kier alpha value is -3.19. The molecule has 0 bridgehead atoms. The van der Waals surface area contributed by atoms with E-state index in [0.29, 0.717) is 0 Å². The number of carbonyl (C=O) groups is 1. The number of halogens is 1. The van der Waals surface area contributed by atoms with Gasteiger partial charge in [-0.2, -0.15) is 0 Å². The maximum Gasteiger partial charge on any atom is 0.264 e. The van der Waals surface area contributed by atoms with Crippen LogP contribution in [-0.4, -0.2) is 20.9 Å². The fourth-order valence-corrected chi connectivity index (χ4v) is 4.48. The second kappa shape index (κ2) is 9.09. The molecule has 0 fully saturated rings. The van der Waals surface area contributed by atoms with E-state index in [4.69, 9.17) is 0 Å². The van der Waals surface area contributed by atoms with Crippen molar-refractivity contribution in [1.29, 1.82) is 0 Å². The lowest BCUT2D eigenvalue weighted by molar-refractivity contribution is -0.120. The van der Waals surface area contributed by atoms with Crippen LogP contribution in [0.5, 0.6) is 0 Å². The molecule has 7 heteroatoms. The first-order valence-corrected chi connectivity index (χ1v) is 10.9. The molecule has 0 saturated heterocycles. The van der Waals surface area contributed by atoms with E-state index in [2.05, 4.69) is 5.32 Å². The zero-order valence-corrected chi connectivity index (χ0v) is 17.6. The summed E-state index contributed by atoms with van der Waals surface area (Å²) < 4.78 is 41.7. The fourth-order valence-electron chi connectivity index (χ4n) is 3.03. The van der Waals surface area contributed by atoms with Crippen LogP contribution < -0.4 is 9.62 Å². The predicted octanol–water partition coefficient (Wildman–Crippen LogP) is 4.21. The average molecular weight is 427 g/mol. The smallest absolute Gasteiger partial charge is 0.264 e. The molecule has 156 valence electrons. The van der Waals surface area contributed by atoms with Crippen LogP contribution in [0.25, 0.3) is 0 Å². The quantitative estimate of drug-likeness (QED) is 0.616. The van der Waals surface area contributed by atoms with Crippen molar-refractivity contribution in [3.8, 4) is 0 Å². The highest BCUT2D eigenvalue weighted by molar-refractivity contribution is 7.92. The van der Waals surface area contributed by atoms with Crippen LogP contribution >= 0.6 is 0 Å². The van der Waals surface area contributed by atoms with E-state index >= 15 is 0 Å². The Morgan fingerprint density at radius 2 is 1.57 bits per heavy atom. The van der Waals surface area contributed by atoms with Gasteiger partial charge in [0.1, 0.15) is 12.4 Å². The first kappa shape index (κ1) is 21.5. The summed E-state index contributed by atoms with van der Waals surface area (Å²) in [6.07, 6.45) is 0. The number of carbonyl (C=O) groups excluding carboxylic acids is 1. The number of nitrogens with zero attached hydrogens (tertiary/aromatic N) is 1. The highest BCUT2D eigenvalue weighted by Crippen LogP contribution is 2.26. The summed E-state index contributed by atoms with van der Waals surface area (Å²) in [5.41, 5.74) is 1.80. The minimum absolute atomic E-state index is 0.0207. The zero-order chi connectivity index (χ0) is 21.7. The van der Waals surface area contributed by atoms with Crippen molar-refractivity contribution >= 4 is 21.6 Å². The number of benzene rings is 3. The zero-order valence-electron chi connectivity index (χ0n) is 16.7. The Balaban J connectivity index is 1.88. The lowest BCUT2D eigenvalue weighted by Gasteiger charge is -2.25. The molecule has 3 aromatic carbocycles. The van der Waals surface area contributed by atoms with Crippen molar-refractivity contribution < 1.29 is 17.6 Å². The molecule has 0 spiro atoms. The molecule has 0 aliphatic heterocycles. The van der Waals surface area contributed by atoms with Crippen LogP contribution in [0.3, 0.4) is 0 Å². The molecule has 3 aromatic rings. The molecule has 0 radical (unpaired) electrons. The number of amides is 1. The topological polar surface area (TPSA) is 66.5 Å². The van der Waals surface area contributed by atoms with Crippen LogP contribution in [0.1, 0.15) is 24.1 Å². The third-order valence-corrected chi connectivity index (χ3v) is 6.47. The summed E-state index contributed by atoms with van der Waals surface area (Å²) in [6, 6.07) is 20.5. The number of hydrogen-bond acceptors (Lipinski definition) is 3. The summed E-state index contributed by atoms with van der Waals surface area (Å²) in [6.45, 7) is 3.23. The van der Waals surface area contributed by atoms with Gasteiger partial charge in [0.15, 0.2) is 0 Å². The third kappa shape index (κ3) is 4.86. The summed E-state index contributed by atoms with van der Waals surface area (Å²) in [7, 11) is -4.15. The molecule has 30 heavy (non-hydrogen) atoms. The molecule has 0 aliphatic rings. The van der Waals surface area contributed by atoms with Gasteiger partial charge in [0, 0.05) is 0 Å². The molecule has 0 heterocycles. The van der Waals surface area contributed by atoms with Gasteiger partial charge in [-0.1, -0.05) is 60.2 Å². The van der Waals surface area contributed by atoms with Crippen molar-refractivity contribution in [3.63, 3.8) is 0 Å². The van der Waals surface area contributed by atoms with Crippen molar-refractivity contribution in [3.05, 3.63) is 95.8 Å². The number of aryl methyl sites for hydroxylation is 1. The standard InChI is InChI=1S/C23H23FN2O3S/c1-17-12-14-19(15-13-17)18(2)25-23(27)16-26(22-11-7-6-10-21(22)24)30(28,29)20-8-4-3-5-9-20/h3-15,18H,16H2,1-2H3,(H,25,27)/t18-/m1/s1. The number of anilines is 1. The Kier molecular flexibility index (Phi) is 6.52. The Labute approximate surface area is 176 Å².